The molecule has 36 heavy (non-hydrogen) atoms. The standard InChI is InChI=1S/C26H28Cl2N4O2S2/c1-3-5-7-18(4-2)24-29-21(16-35-24)25(34)31-13-10-30(11-14-31)12-15-32-22(33)17-36-26(32)23-19(27)8-6-9-20(23)28/h3-9,16,26H,2,10-15,17H2,1H3/b5-3-,18-7+. The van der Waals surface area contributed by atoms with E-state index in [1.165, 1.54) is 11.3 Å². The Bertz CT molecular complexity index is 1170. The molecular weight excluding hydrogens is 535 g/mol. The number of nitrogens with zero attached hydrogens (tertiary/aromatic N) is 4. The van der Waals surface area contributed by atoms with Gasteiger partial charge in [0.05, 0.1) is 5.75 Å². The molecule has 2 amide bonds. The van der Waals surface area contributed by atoms with E-state index in [0.717, 1.165) is 35.8 Å². The molecule has 0 bridgehead atoms. The number of thiazole rings is 1. The lowest BCUT2D eigenvalue weighted by atomic mass is 10.2. The number of allylic oxidation sites excluding steroid dienone is 5. The molecule has 2 fully saturated rings. The molecule has 2 aliphatic heterocycles. The molecule has 0 spiro atoms. The molecule has 0 aliphatic carbocycles. The lowest BCUT2D eigenvalue weighted by Crippen LogP contribution is -2.50. The Kier molecular flexibility index (Phi) is 9.30. The minimum atomic E-state index is -0.178. The number of amides is 2. The van der Waals surface area contributed by atoms with Crippen molar-refractivity contribution in [2.75, 3.05) is 45.0 Å². The van der Waals surface area contributed by atoms with Crippen LogP contribution in [0.5, 0.6) is 0 Å². The van der Waals surface area contributed by atoms with Crippen LogP contribution in [0, 0.1) is 0 Å². The maximum absolute atomic E-state index is 13.0. The largest absolute Gasteiger partial charge is 0.335 e. The van der Waals surface area contributed by atoms with Gasteiger partial charge in [-0.1, -0.05) is 60.2 Å². The first-order valence-corrected chi connectivity index (χ1v) is 14.4. The van der Waals surface area contributed by atoms with Crippen molar-refractivity contribution in [3.05, 3.63) is 80.8 Å². The molecule has 1 unspecified atom stereocenters. The first kappa shape index (κ1) is 26.9. The predicted molar refractivity (Wildman–Crippen MR) is 151 cm³/mol. The van der Waals surface area contributed by atoms with Gasteiger partial charge in [-0.3, -0.25) is 14.5 Å². The summed E-state index contributed by atoms with van der Waals surface area (Å²) in [5, 5.41) is 3.58. The van der Waals surface area contributed by atoms with Crippen LogP contribution in [0.15, 0.2) is 54.5 Å². The Morgan fingerprint density at radius 3 is 2.58 bits per heavy atom. The van der Waals surface area contributed by atoms with Crippen molar-refractivity contribution in [3.63, 3.8) is 0 Å². The van der Waals surface area contributed by atoms with E-state index in [9.17, 15) is 9.59 Å². The lowest BCUT2D eigenvalue weighted by Gasteiger charge is -2.36. The van der Waals surface area contributed by atoms with Crippen molar-refractivity contribution in [2.45, 2.75) is 12.3 Å². The van der Waals surface area contributed by atoms with Crippen molar-refractivity contribution in [3.8, 4) is 0 Å². The maximum atomic E-state index is 13.0. The summed E-state index contributed by atoms with van der Waals surface area (Å²) in [5.41, 5.74) is 2.17. The molecule has 2 saturated heterocycles. The van der Waals surface area contributed by atoms with Crippen LogP contribution in [0.1, 0.15) is 33.4 Å². The fourth-order valence-electron chi connectivity index (χ4n) is 4.20. The smallest absolute Gasteiger partial charge is 0.273 e. The van der Waals surface area contributed by atoms with Crippen LogP contribution in [0.25, 0.3) is 5.57 Å². The van der Waals surface area contributed by atoms with Gasteiger partial charge in [0.15, 0.2) is 0 Å². The number of hydrogen-bond acceptors (Lipinski definition) is 6. The van der Waals surface area contributed by atoms with E-state index >= 15 is 0 Å². The zero-order valence-electron chi connectivity index (χ0n) is 20.0. The monoisotopic (exact) mass is 562 g/mol. The number of carbonyl (C=O) groups is 2. The summed E-state index contributed by atoms with van der Waals surface area (Å²) >= 11 is 15.8. The first-order chi connectivity index (χ1) is 17.4. The Hall–Kier alpha value is -2.10. The van der Waals surface area contributed by atoms with E-state index < -0.39 is 0 Å². The molecule has 1 atom stereocenters. The summed E-state index contributed by atoms with van der Waals surface area (Å²) in [6.45, 7) is 9.84. The number of piperazine rings is 1. The summed E-state index contributed by atoms with van der Waals surface area (Å²) in [7, 11) is 0. The minimum Gasteiger partial charge on any atom is -0.335 e. The van der Waals surface area contributed by atoms with Crippen LogP contribution in [0.4, 0.5) is 0 Å². The molecule has 3 heterocycles. The highest BCUT2D eigenvalue weighted by molar-refractivity contribution is 8.00. The van der Waals surface area contributed by atoms with E-state index in [-0.39, 0.29) is 17.2 Å². The van der Waals surface area contributed by atoms with Crippen molar-refractivity contribution >= 4 is 63.7 Å². The van der Waals surface area contributed by atoms with Gasteiger partial charge in [0, 0.05) is 65.8 Å². The molecule has 0 saturated carbocycles. The van der Waals surface area contributed by atoms with Crippen LogP contribution in [-0.2, 0) is 4.79 Å². The highest BCUT2D eigenvalue weighted by Gasteiger charge is 2.35. The molecule has 0 N–H and O–H groups in total. The van der Waals surface area contributed by atoms with E-state index in [2.05, 4.69) is 16.5 Å². The zero-order valence-corrected chi connectivity index (χ0v) is 23.2. The Balaban J connectivity index is 1.32. The predicted octanol–water partition coefficient (Wildman–Crippen LogP) is 5.63. The average molecular weight is 564 g/mol. The number of thioether (sulfide) groups is 1. The van der Waals surface area contributed by atoms with Crippen molar-refractivity contribution < 1.29 is 9.59 Å². The normalized spacial score (nSPS) is 19.5. The van der Waals surface area contributed by atoms with Crippen molar-refractivity contribution in [1.29, 1.82) is 0 Å². The molecule has 2 aliphatic rings. The Morgan fingerprint density at radius 1 is 1.19 bits per heavy atom. The second-order valence-corrected chi connectivity index (χ2v) is 11.2. The van der Waals surface area contributed by atoms with Gasteiger partial charge < -0.3 is 9.80 Å². The molecule has 190 valence electrons. The molecule has 10 heteroatoms. The van der Waals surface area contributed by atoms with Crippen LogP contribution in [-0.4, -0.2) is 76.5 Å². The highest BCUT2D eigenvalue weighted by atomic mass is 35.5. The van der Waals surface area contributed by atoms with Crippen LogP contribution >= 0.6 is 46.3 Å². The summed E-state index contributed by atoms with van der Waals surface area (Å²) in [6.07, 6.45) is 7.55. The summed E-state index contributed by atoms with van der Waals surface area (Å²) in [6, 6.07) is 5.43. The van der Waals surface area contributed by atoms with Crippen LogP contribution in [0.3, 0.4) is 0 Å². The van der Waals surface area contributed by atoms with Crippen molar-refractivity contribution in [2.24, 2.45) is 0 Å². The lowest BCUT2D eigenvalue weighted by molar-refractivity contribution is -0.128. The molecule has 6 nitrogen and oxygen atoms in total. The van der Waals surface area contributed by atoms with Crippen LogP contribution < -0.4 is 0 Å². The van der Waals surface area contributed by atoms with Gasteiger partial charge in [0.25, 0.3) is 5.91 Å². The quantitative estimate of drug-likeness (QED) is 0.390. The first-order valence-electron chi connectivity index (χ1n) is 11.7. The molecule has 4 rings (SSSR count). The van der Waals surface area contributed by atoms with Gasteiger partial charge >= 0.3 is 0 Å². The second kappa shape index (κ2) is 12.4. The SMILES string of the molecule is C=C/C(=C\C=C/C)c1nc(C(=O)N2CCN(CCN3C(=O)CSC3c3c(Cl)cccc3Cl)CC2)cs1. The summed E-state index contributed by atoms with van der Waals surface area (Å²) in [4.78, 5) is 36.2. The van der Waals surface area contributed by atoms with Gasteiger partial charge in [-0.25, -0.2) is 4.98 Å². The Labute approximate surface area is 230 Å². The number of rotatable bonds is 8. The van der Waals surface area contributed by atoms with E-state index in [1.54, 1.807) is 17.8 Å². The van der Waals surface area contributed by atoms with E-state index in [4.69, 9.17) is 23.2 Å². The summed E-state index contributed by atoms with van der Waals surface area (Å²) < 4.78 is 0. The van der Waals surface area contributed by atoms with Gasteiger partial charge in [0.2, 0.25) is 5.91 Å². The second-order valence-electron chi connectivity index (χ2n) is 8.41. The number of halogens is 2. The number of carbonyl (C=O) groups excluding carboxylic acids is 2. The topological polar surface area (TPSA) is 56.8 Å². The third-order valence-corrected chi connectivity index (χ3v) is 8.96. The molecule has 1 aromatic carbocycles. The molecular formula is C26H28Cl2N4O2S2. The number of hydrogen-bond donors (Lipinski definition) is 0. The third kappa shape index (κ3) is 6.06. The maximum Gasteiger partial charge on any atom is 0.273 e. The molecule has 2 aromatic rings. The van der Waals surface area contributed by atoms with Crippen LogP contribution in [0.2, 0.25) is 10.0 Å². The third-order valence-electron chi connectivity index (χ3n) is 6.19. The summed E-state index contributed by atoms with van der Waals surface area (Å²) in [5.74, 6) is 0.462. The van der Waals surface area contributed by atoms with Gasteiger partial charge in [-0.2, -0.15) is 0 Å². The van der Waals surface area contributed by atoms with Gasteiger partial charge in [-0.05, 0) is 19.1 Å². The van der Waals surface area contributed by atoms with Crippen molar-refractivity contribution in [1.82, 2.24) is 19.7 Å². The van der Waals surface area contributed by atoms with Gasteiger partial charge in [-0.15, -0.1) is 23.1 Å². The fourth-order valence-corrected chi connectivity index (χ4v) is 7.04. The molecule has 1 aromatic heterocycles. The van der Waals surface area contributed by atoms with E-state index in [0.29, 0.717) is 41.1 Å². The minimum absolute atomic E-state index is 0.0499. The number of benzene rings is 1. The Morgan fingerprint density at radius 2 is 1.92 bits per heavy atom. The van der Waals surface area contributed by atoms with E-state index in [1.807, 2.05) is 58.5 Å². The number of aromatic nitrogens is 1. The fraction of sp³-hybridized carbons (Fsp3) is 0.346. The molecule has 0 radical (unpaired) electrons. The average Bonchev–Trinajstić information content (AvgIpc) is 3.50. The zero-order chi connectivity index (χ0) is 25.7. The van der Waals surface area contributed by atoms with Gasteiger partial charge in [0.1, 0.15) is 16.1 Å². The highest BCUT2D eigenvalue weighted by Crippen LogP contribution is 2.44.